The van der Waals surface area contributed by atoms with Crippen molar-refractivity contribution in [1.29, 1.82) is 0 Å². The molecule has 0 unspecified atom stereocenters. The monoisotopic (exact) mass is 448 g/mol. The third-order valence-corrected chi connectivity index (χ3v) is 3.49. The van der Waals surface area contributed by atoms with E-state index in [2.05, 4.69) is 15.4 Å². The van der Waals surface area contributed by atoms with Gasteiger partial charge in [0.05, 0.1) is 11.0 Å². The van der Waals surface area contributed by atoms with Gasteiger partial charge in [-0.2, -0.15) is 5.01 Å². The molecule has 0 bridgehead atoms. The number of pyridine rings is 1. The molecule has 0 aliphatic carbocycles. The van der Waals surface area contributed by atoms with Gasteiger partial charge in [-0.3, -0.25) is 0 Å². The molecule has 2 amide bonds. The summed E-state index contributed by atoms with van der Waals surface area (Å²) in [6, 6.07) is 4.63. The summed E-state index contributed by atoms with van der Waals surface area (Å²) < 4.78 is 16.0. The number of fused-ring (bicyclic) bond motifs is 1. The maximum atomic E-state index is 12.8. The average molecular weight is 449 g/mol. The first kappa shape index (κ1) is 25.0. The smallest absolute Gasteiger partial charge is 0.435 e. The largest absolute Gasteiger partial charge is 0.455 e. The van der Waals surface area contributed by atoms with Gasteiger partial charge in [-0.25, -0.2) is 24.8 Å². The van der Waals surface area contributed by atoms with Crippen LogP contribution in [0.25, 0.3) is 11.0 Å². The minimum atomic E-state index is -0.853. The molecule has 0 aromatic carbocycles. The van der Waals surface area contributed by atoms with Gasteiger partial charge in [-0.1, -0.05) is 0 Å². The lowest BCUT2D eigenvalue weighted by molar-refractivity contribution is 0.00634. The minimum absolute atomic E-state index is 0.0762. The predicted molar refractivity (Wildman–Crippen MR) is 119 cm³/mol. The summed E-state index contributed by atoms with van der Waals surface area (Å²) >= 11 is 0. The lowest BCUT2D eigenvalue weighted by Gasteiger charge is -2.28. The van der Waals surface area contributed by atoms with Crippen LogP contribution in [0.1, 0.15) is 72.8 Å². The fourth-order valence-corrected chi connectivity index (χ4v) is 2.46. The van der Waals surface area contributed by atoms with E-state index in [1.54, 1.807) is 68.4 Å². The normalized spacial score (nSPS) is 12.3. The van der Waals surface area contributed by atoms with E-state index < -0.39 is 35.0 Å². The number of nitrogens with zero attached hydrogens (tertiary/aromatic N) is 2. The van der Waals surface area contributed by atoms with Gasteiger partial charge in [-0.05, 0) is 80.5 Å². The summed E-state index contributed by atoms with van der Waals surface area (Å²) in [5.74, 6) is -0.458. The van der Waals surface area contributed by atoms with Crippen LogP contribution in [-0.4, -0.2) is 44.9 Å². The third-order valence-electron chi connectivity index (χ3n) is 3.49. The summed E-state index contributed by atoms with van der Waals surface area (Å²) in [6.45, 7) is 15.5. The highest BCUT2D eigenvalue weighted by atomic mass is 16.6. The fourth-order valence-electron chi connectivity index (χ4n) is 2.46. The first-order chi connectivity index (χ1) is 14.4. The number of carbonyl (C=O) groups is 3. The topological polar surface area (TPSA) is 123 Å². The zero-order valence-electron chi connectivity index (χ0n) is 20.1. The Morgan fingerprint density at radius 1 is 0.875 bits per heavy atom. The molecule has 2 N–H and O–H groups in total. The van der Waals surface area contributed by atoms with Crippen molar-refractivity contribution >= 4 is 35.0 Å². The zero-order valence-corrected chi connectivity index (χ0v) is 20.1. The molecule has 10 heteroatoms. The second-order valence-electron chi connectivity index (χ2n) is 10.2. The first-order valence-corrected chi connectivity index (χ1v) is 10.2. The molecule has 0 saturated heterocycles. The highest BCUT2D eigenvalue weighted by molar-refractivity contribution is 5.95. The Morgan fingerprint density at radius 3 is 1.97 bits per heavy atom. The van der Waals surface area contributed by atoms with E-state index in [0.717, 1.165) is 5.01 Å². The van der Waals surface area contributed by atoms with Gasteiger partial charge in [0.25, 0.3) is 0 Å². The molecule has 0 fully saturated rings. The van der Waals surface area contributed by atoms with Crippen molar-refractivity contribution in [2.75, 3.05) is 5.01 Å². The van der Waals surface area contributed by atoms with Gasteiger partial charge >= 0.3 is 18.2 Å². The molecular formula is C22H32N4O6. The van der Waals surface area contributed by atoms with E-state index in [1.165, 1.54) is 12.1 Å². The Bertz CT molecular complexity index is 1010. The highest BCUT2D eigenvalue weighted by Crippen LogP contribution is 2.22. The van der Waals surface area contributed by atoms with Crippen molar-refractivity contribution in [1.82, 2.24) is 15.4 Å². The maximum absolute atomic E-state index is 12.8. The molecule has 0 saturated carbocycles. The summed E-state index contributed by atoms with van der Waals surface area (Å²) in [4.78, 5) is 44.8. The van der Waals surface area contributed by atoms with Gasteiger partial charge in [-0.15, -0.1) is 0 Å². The van der Waals surface area contributed by atoms with Crippen LogP contribution in [-0.2, 0) is 14.2 Å². The quantitative estimate of drug-likeness (QED) is 0.388. The standard InChI is InChI=1S/C22H32N4O6/c1-20(2,3)30-17(27)15-12-14-13(23-15)10-11-16(24-14)26(19(29)32-22(7,8)9)25-18(28)31-21(4,5)6/h10-12,23H,1-9H3,(H,25,28). The van der Waals surface area contributed by atoms with Gasteiger partial charge in [0.2, 0.25) is 0 Å². The van der Waals surface area contributed by atoms with Crippen molar-refractivity contribution < 1.29 is 28.6 Å². The molecular weight excluding hydrogens is 416 g/mol. The number of hydrazine groups is 1. The Kier molecular flexibility index (Phi) is 6.77. The Morgan fingerprint density at radius 2 is 1.44 bits per heavy atom. The molecule has 10 nitrogen and oxygen atoms in total. The van der Waals surface area contributed by atoms with Crippen molar-refractivity contribution in [3.8, 4) is 0 Å². The number of nitrogens with one attached hydrogen (secondary N) is 2. The molecule has 0 aliphatic heterocycles. The van der Waals surface area contributed by atoms with Crippen LogP contribution >= 0.6 is 0 Å². The summed E-state index contributed by atoms with van der Waals surface area (Å²) in [5.41, 5.74) is 1.28. The summed E-state index contributed by atoms with van der Waals surface area (Å²) in [5, 5.41) is 0.860. The molecule has 0 spiro atoms. The molecule has 2 heterocycles. The Labute approximate surface area is 187 Å². The molecule has 0 radical (unpaired) electrons. The molecule has 2 aromatic heterocycles. The van der Waals surface area contributed by atoms with Crippen LogP contribution in [0.2, 0.25) is 0 Å². The van der Waals surface area contributed by atoms with Crippen molar-refractivity contribution in [2.45, 2.75) is 79.1 Å². The summed E-state index contributed by atoms with van der Waals surface area (Å²) in [7, 11) is 0. The van der Waals surface area contributed by atoms with E-state index in [1.807, 2.05) is 0 Å². The molecule has 2 aromatic rings. The third kappa shape index (κ3) is 7.44. The number of esters is 1. The van der Waals surface area contributed by atoms with E-state index in [9.17, 15) is 14.4 Å². The number of carbonyl (C=O) groups excluding carboxylic acids is 3. The van der Waals surface area contributed by atoms with Crippen molar-refractivity contribution in [2.24, 2.45) is 0 Å². The number of anilines is 1. The SMILES string of the molecule is CC(C)(C)OC(=O)NN(C(=O)OC(C)(C)C)c1ccc2[nH]c(C(=O)OC(C)(C)C)cc2n1. The lowest BCUT2D eigenvalue weighted by atomic mass is 10.2. The van der Waals surface area contributed by atoms with Crippen molar-refractivity contribution in [3.63, 3.8) is 0 Å². The first-order valence-electron chi connectivity index (χ1n) is 10.2. The van der Waals surface area contributed by atoms with Gasteiger partial charge in [0.1, 0.15) is 22.5 Å². The molecule has 32 heavy (non-hydrogen) atoms. The number of hydrogen-bond acceptors (Lipinski definition) is 7. The molecule has 2 rings (SSSR count). The zero-order chi connectivity index (χ0) is 24.5. The highest BCUT2D eigenvalue weighted by Gasteiger charge is 2.28. The minimum Gasteiger partial charge on any atom is -0.455 e. The average Bonchev–Trinajstić information content (AvgIpc) is 2.98. The van der Waals surface area contributed by atoms with Crippen LogP contribution in [0.5, 0.6) is 0 Å². The second kappa shape index (κ2) is 8.68. The van der Waals surface area contributed by atoms with E-state index in [0.29, 0.717) is 11.0 Å². The van der Waals surface area contributed by atoms with Crippen LogP contribution in [0, 0.1) is 0 Å². The Balaban J connectivity index is 2.38. The summed E-state index contributed by atoms with van der Waals surface area (Å²) in [6.07, 6.45) is -1.70. The van der Waals surface area contributed by atoms with E-state index in [4.69, 9.17) is 14.2 Å². The fraction of sp³-hybridized carbons (Fsp3) is 0.545. The number of aromatic amines is 1. The van der Waals surface area contributed by atoms with Crippen LogP contribution in [0.3, 0.4) is 0 Å². The molecule has 0 atom stereocenters. The van der Waals surface area contributed by atoms with Crippen LogP contribution in [0.4, 0.5) is 15.4 Å². The molecule has 176 valence electrons. The number of H-pyrrole nitrogens is 1. The molecule has 0 aliphatic rings. The predicted octanol–water partition coefficient (Wildman–Crippen LogP) is 4.70. The van der Waals surface area contributed by atoms with Gasteiger partial charge in [0.15, 0.2) is 5.82 Å². The van der Waals surface area contributed by atoms with E-state index in [-0.39, 0.29) is 11.5 Å². The number of hydrogen-bond donors (Lipinski definition) is 2. The Hall–Kier alpha value is -3.30. The lowest BCUT2D eigenvalue weighted by Crippen LogP contribution is -2.50. The van der Waals surface area contributed by atoms with E-state index >= 15 is 0 Å². The second-order valence-corrected chi connectivity index (χ2v) is 10.2. The van der Waals surface area contributed by atoms with Gasteiger partial charge < -0.3 is 19.2 Å². The number of ether oxygens (including phenoxy) is 3. The maximum Gasteiger partial charge on any atom is 0.435 e. The van der Waals surface area contributed by atoms with Gasteiger partial charge in [0, 0.05) is 0 Å². The number of amides is 2. The number of rotatable bonds is 2. The number of aromatic nitrogens is 2. The van der Waals surface area contributed by atoms with Crippen molar-refractivity contribution in [3.05, 3.63) is 23.9 Å². The van der Waals surface area contributed by atoms with Crippen LogP contribution in [0.15, 0.2) is 18.2 Å². The van der Waals surface area contributed by atoms with Crippen LogP contribution < -0.4 is 10.4 Å².